The van der Waals surface area contributed by atoms with Gasteiger partial charge in [-0.15, -0.1) is 0 Å². The van der Waals surface area contributed by atoms with Crippen LogP contribution in [0.15, 0.2) is 152 Å². The summed E-state index contributed by atoms with van der Waals surface area (Å²) in [7, 11) is 0. The zero-order chi connectivity index (χ0) is 35.9. The molecule has 0 atom stereocenters. The Bertz CT molecular complexity index is 2750. The molecule has 3 heteroatoms. The first-order valence-corrected chi connectivity index (χ1v) is 20.7. The molecule has 2 saturated carbocycles. The normalized spacial score (nSPS) is 18.1. The molecule has 13 rings (SSSR count). The molecule has 0 bridgehead atoms. The van der Waals surface area contributed by atoms with E-state index in [9.17, 15) is 0 Å². The van der Waals surface area contributed by atoms with Crippen LogP contribution in [0, 0.1) is 0 Å². The monoisotopic (exact) mass is 704 g/mol. The second kappa shape index (κ2) is 10.9. The van der Waals surface area contributed by atoms with Crippen LogP contribution in [0.1, 0.15) is 73.6 Å². The summed E-state index contributed by atoms with van der Waals surface area (Å²) in [5.74, 6) is 0. The van der Waals surface area contributed by atoms with E-state index in [-0.39, 0.29) is 17.5 Å². The minimum absolute atomic E-state index is 0.105. The Kier molecular flexibility index (Phi) is 6.06. The maximum atomic E-state index is 2.64. The zero-order valence-corrected chi connectivity index (χ0v) is 31.1. The molecule has 2 heterocycles. The van der Waals surface area contributed by atoms with Crippen molar-refractivity contribution in [3.8, 4) is 22.3 Å². The molecule has 2 fully saturated rings. The minimum Gasteiger partial charge on any atom is -0.311 e. The van der Waals surface area contributed by atoms with Gasteiger partial charge in [0.05, 0.1) is 5.69 Å². The average molecular weight is 705 g/mol. The van der Waals surface area contributed by atoms with Crippen LogP contribution in [0.5, 0.6) is 0 Å². The molecule has 4 aliphatic carbocycles. The molecule has 55 heavy (non-hydrogen) atoms. The first-order valence-electron chi connectivity index (χ1n) is 20.7. The Labute approximate surface area is 324 Å². The van der Waals surface area contributed by atoms with Crippen LogP contribution in [-0.2, 0) is 10.8 Å². The van der Waals surface area contributed by atoms with Crippen molar-refractivity contribution < 1.29 is 0 Å². The predicted molar refractivity (Wildman–Crippen MR) is 230 cm³/mol. The van der Waals surface area contributed by atoms with E-state index in [1.807, 2.05) is 0 Å². The fourth-order valence-electron chi connectivity index (χ4n) is 12.7. The Balaban J connectivity index is 1.10. The summed E-state index contributed by atoms with van der Waals surface area (Å²) in [6.07, 6.45) is 10.1. The molecule has 6 aliphatic rings. The Hall–Kier alpha value is -5.80. The molecule has 0 radical (unpaired) electrons. The molecule has 7 aromatic carbocycles. The van der Waals surface area contributed by atoms with Gasteiger partial charge in [0.25, 0.3) is 6.71 Å². The second-order valence-electron chi connectivity index (χ2n) is 17.0. The molecule has 0 saturated heterocycles. The van der Waals surface area contributed by atoms with Crippen molar-refractivity contribution >= 4 is 57.2 Å². The first-order chi connectivity index (χ1) is 27.3. The van der Waals surface area contributed by atoms with Crippen molar-refractivity contribution in [2.45, 2.75) is 62.2 Å². The summed E-state index contributed by atoms with van der Waals surface area (Å²) >= 11 is 0. The van der Waals surface area contributed by atoms with Crippen molar-refractivity contribution in [1.29, 1.82) is 0 Å². The number of para-hydroxylation sites is 2. The minimum atomic E-state index is 0.105. The molecule has 2 nitrogen and oxygen atoms in total. The summed E-state index contributed by atoms with van der Waals surface area (Å²) in [6, 6.07) is 58.7. The van der Waals surface area contributed by atoms with Gasteiger partial charge in [0, 0.05) is 44.8 Å². The molecular formula is C52H41BN2. The molecule has 2 aliphatic heterocycles. The molecule has 262 valence electrons. The maximum Gasteiger partial charge on any atom is 0.252 e. The lowest BCUT2D eigenvalue weighted by atomic mass is 9.33. The third kappa shape index (κ3) is 3.77. The van der Waals surface area contributed by atoms with Crippen LogP contribution < -0.4 is 26.2 Å². The fourth-order valence-corrected chi connectivity index (χ4v) is 12.7. The number of rotatable bonds is 2. The average Bonchev–Trinajstić information content (AvgIpc) is 4.05. The lowest BCUT2D eigenvalue weighted by Crippen LogP contribution is -2.61. The summed E-state index contributed by atoms with van der Waals surface area (Å²) in [6.45, 7) is 0.108. The van der Waals surface area contributed by atoms with E-state index in [0.29, 0.717) is 0 Å². The number of fused-ring (bicyclic) bond motifs is 14. The number of hydrogen-bond donors (Lipinski definition) is 0. The highest BCUT2D eigenvalue weighted by Crippen LogP contribution is 2.61. The van der Waals surface area contributed by atoms with E-state index >= 15 is 0 Å². The molecular weight excluding hydrogens is 663 g/mol. The molecule has 7 aromatic rings. The predicted octanol–water partition coefficient (Wildman–Crippen LogP) is 11.5. The highest BCUT2D eigenvalue weighted by molar-refractivity contribution is 7.00. The molecule has 0 amide bonds. The van der Waals surface area contributed by atoms with E-state index in [1.54, 1.807) is 5.56 Å². The van der Waals surface area contributed by atoms with Crippen molar-refractivity contribution in [3.05, 3.63) is 174 Å². The summed E-state index contributed by atoms with van der Waals surface area (Å²) in [5.41, 5.74) is 24.0. The van der Waals surface area contributed by atoms with E-state index in [1.165, 1.54) is 141 Å². The molecule has 0 unspecified atom stereocenters. The number of hydrogen-bond acceptors (Lipinski definition) is 2. The Morgan fingerprint density at radius 3 is 1.73 bits per heavy atom. The topological polar surface area (TPSA) is 6.48 Å². The lowest BCUT2D eigenvalue weighted by Gasteiger charge is -2.45. The number of benzene rings is 7. The van der Waals surface area contributed by atoms with Crippen LogP contribution in [0.3, 0.4) is 0 Å². The SMILES string of the molecule is c1ccc(N2c3cc4c(cc3B3c5ccccc5N(c5cccc6c5-c5ccccc5C65CCCC5)c5cccc2c53)-c2ccccc2C42CCCC2)cc1. The highest BCUT2D eigenvalue weighted by atomic mass is 15.2. The molecule has 2 spiro atoms. The van der Waals surface area contributed by atoms with Gasteiger partial charge in [-0.1, -0.05) is 135 Å². The van der Waals surface area contributed by atoms with Crippen LogP contribution in [0.4, 0.5) is 34.1 Å². The van der Waals surface area contributed by atoms with Crippen LogP contribution >= 0.6 is 0 Å². The van der Waals surface area contributed by atoms with Gasteiger partial charge in [-0.05, 0) is 123 Å². The maximum absolute atomic E-state index is 2.64. The van der Waals surface area contributed by atoms with E-state index in [4.69, 9.17) is 0 Å². The molecule has 0 N–H and O–H groups in total. The van der Waals surface area contributed by atoms with Gasteiger partial charge in [0.1, 0.15) is 0 Å². The summed E-state index contributed by atoms with van der Waals surface area (Å²) < 4.78 is 0. The lowest BCUT2D eigenvalue weighted by molar-refractivity contribution is 0.550. The number of nitrogens with zero attached hydrogens (tertiary/aromatic N) is 2. The smallest absolute Gasteiger partial charge is 0.252 e. The van der Waals surface area contributed by atoms with Gasteiger partial charge in [-0.2, -0.15) is 0 Å². The van der Waals surface area contributed by atoms with Gasteiger partial charge < -0.3 is 9.80 Å². The van der Waals surface area contributed by atoms with E-state index in [2.05, 4.69) is 161 Å². The fraction of sp³-hybridized carbons (Fsp3) is 0.192. The first kappa shape index (κ1) is 30.5. The largest absolute Gasteiger partial charge is 0.311 e. The Morgan fingerprint density at radius 1 is 0.382 bits per heavy atom. The van der Waals surface area contributed by atoms with E-state index in [0.717, 1.165) is 0 Å². The second-order valence-corrected chi connectivity index (χ2v) is 17.0. The van der Waals surface area contributed by atoms with Crippen molar-refractivity contribution in [1.82, 2.24) is 0 Å². The summed E-state index contributed by atoms with van der Waals surface area (Å²) in [5, 5.41) is 0. The van der Waals surface area contributed by atoms with Crippen LogP contribution in [0.2, 0.25) is 0 Å². The van der Waals surface area contributed by atoms with E-state index < -0.39 is 0 Å². The highest BCUT2D eigenvalue weighted by Gasteiger charge is 2.50. The Morgan fingerprint density at radius 2 is 0.945 bits per heavy atom. The molecule has 0 aromatic heterocycles. The third-order valence-electron chi connectivity index (χ3n) is 14.7. The van der Waals surface area contributed by atoms with Gasteiger partial charge in [-0.25, -0.2) is 0 Å². The van der Waals surface area contributed by atoms with Gasteiger partial charge in [0.15, 0.2) is 0 Å². The summed E-state index contributed by atoms with van der Waals surface area (Å²) in [4.78, 5) is 5.24. The van der Waals surface area contributed by atoms with Gasteiger partial charge in [0.2, 0.25) is 0 Å². The van der Waals surface area contributed by atoms with Crippen molar-refractivity contribution in [3.63, 3.8) is 0 Å². The van der Waals surface area contributed by atoms with Crippen LogP contribution in [0.25, 0.3) is 22.3 Å². The number of anilines is 6. The van der Waals surface area contributed by atoms with Crippen molar-refractivity contribution in [2.24, 2.45) is 0 Å². The van der Waals surface area contributed by atoms with Gasteiger partial charge >= 0.3 is 0 Å². The standard InChI is InChI=1S/C52H41BN2/c1-2-16-34(17-3-1)54-46-26-15-27-47-50(46)53(43-32-37-35-18-4-6-20-38(35)52(30-12-13-31-52)41(37)33-48(43)54)42-23-8-9-24-44(42)55(47)45-25-14-22-40-49(45)36-19-5-7-21-39(36)51(40)28-10-11-29-51/h1-9,14-27,32-33H,10-13,28-31H2. The van der Waals surface area contributed by atoms with Crippen molar-refractivity contribution in [2.75, 3.05) is 9.80 Å². The third-order valence-corrected chi connectivity index (χ3v) is 14.7. The zero-order valence-electron chi connectivity index (χ0n) is 31.1. The quantitative estimate of drug-likeness (QED) is 0.165. The van der Waals surface area contributed by atoms with Crippen LogP contribution in [-0.4, -0.2) is 6.71 Å². The van der Waals surface area contributed by atoms with Gasteiger partial charge in [-0.3, -0.25) is 0 Å².